The van der Waals surface area contributed by atoms with Crippen molar-refractivity contribution >= 4 is 23.5 Å². The minimum Gasteiger partial charge on any atom is -0.493 e. The van der Waals surface area contributed by atoms with Crippen LogP contribution >= 0.6 is 11.6 Å². The highest BCUT2D eigenvalue weighted by molar-refractivity contribution is 6.30. The SMILES string of the molecule is O=C(Cc1ccc(OCCCC2CCN(c3ncc(Cl)cn3)CC2)cc1F)N1CCC2(CCNC2)C1. The number of benzene rings is 1. The number of likely N-dealkylation sites (tertiary alicyclic amines) is 1. The van der Waals surface area contributed by atoms with Crippen LogP contribution < -0.4 is 15.0 Å². The fourth-order valence-corrected chi connectivity index (χ4v) is 5.88. The van der Waals surface area contributed by atoms with Crippen LogP contribution in [0.4, 0.5) is 10.3 Å². The topological polar surface area (TPSA) is 70.6 Å². The molecule has 0 saturated carbocycles. The average molecular weight is 516 g/mol. The minimum absolute atomic E-state index is 0.0139. The van der Waals surface area contributed by atoms with E-state index in [2.05, 4.69) is 20.2 Å². The lowest BCUT2D eigenvalue weighted by Crippen LogP contribution is -2.34. The lowest BCUT2D eigenvalue weighted by Gasteiger charge is -2.31. The number of hydrogen-bond acceptors (Lipinski definition) is 6. The number of piperidine rings is 1. The van der Waals surface area contributed by atoms with Crippen LogP contribution in [-0.4, -0.2) is 66.7 Å². The predicted octanol–water partition coefficient (Wildman–Crippen LogP) is 4.10. The van der Waals surface area contributed by atoms with Crippen LogP contribution in [0.5, 0.6) is 5.75 Å². The van der Waals surface area contributed by atoms with Gasteiger partial charge in [0.05, 0.1) is 30.4 Å². The number of aromatic nitrogens is 2. The van der Waals surface area contributed by atoms with Gasteiger partial charge in [-0.15, -0.1) is 0 Å². The molecule has 7 nitrogen and oxygen atoms in total. The smallest absolute Gasteiger partial charge is 0.227 e. The van der Waals surface area contributed by atoms with Crippen molar-refractivity contribution < 1.29 is 13.9 Å². The minimum atomic E-state index is -0.367. The monoisotopic (exact) mass is 515 g/mol. The number of rotatable bonds is 8. The van der Waals surface area contributed by atoms with E-state index >= 15 is 0 Å². The van der Waals surface area contributed by atoms with Crippen molar-refractivity contribution in [2.45, 2.75) is 44.9 Å². The van der Waals surface area contributed by atoms with Gasteiger partial charge in [-0.3, -0.25) is 4.79 Å². The maximum absolute atomic E-state index is 14.7. The Morgan fingerprint density at radius 1 is 1.19 bits per heavy atom. The Hall–Kier alpha value is -2.45. The molecule has 5 rings (SSSR count). The van der Waals surface area contributed by atoms with Gasteiger partial charge in [0.1, 0.15) is 11.6 Å². The third-order valence-corrected chi connectivity index (χ3v) is 8.21. The highest BCUT2D eigenvalue weighted by Gasteiger charge is 2.41. The van der Waals surface area contributed by atoms with E-state index in [-0.39, 0.29) is 23.6 Å². The first-order valence-corrected chi connectivity index (χ1v) is 13.5. The zero-order valence-electron chi connectivity index (χ0n) is 20.7. The van der Waals surface area contributed by atoms with Gasteiger partial charge in [0.25, 0.3) is 0 Å². The van der Waals surface area contributed by atoms with Crippen LogP contribution in [0.1, 0.15) is 44.1 Å². The van der Waals surface area contributed by atoms with Gasteiger partial charge in [-0.2, -0.15) is 0 Å². The summed E-state index contributed by atoms with van der Waals surface area (Å²) < 4.78 is 20.5. The number of anilines is 1. The molecule has 3 aliphatic heterocycles. The molecule has 0 bridgehead atoms. The molecule has 1 amide bonds. The van der Waals surface area contributed by atoms with E-state index in [9.17, 15) is 9.18 Å². The molecule has 194 valence electrons. The van der Waals surface area contributed by atoms with Crippen LogP contribution in [0.3, 0.4) is 0 Å². The van der Waals surface area contributed by atoms with Crippen molar-refractivity contribution in [2.75, 3.05) is 50.8 Å². The molecule has 36 heavy (non-hydrogen) atoms. The lowest BCUT2D eigenvalue weighted by atomic mass is 9.86. The summed E-state index contributed by atoms with van der Waals surface area (Å²) in [6.07, 6.45) is 9.73. The van der Waals surface area contributed by atoms with Crippen LogP contribution in [0.2, 0.25) is 5.02 Å². The molecule has 2 aromatic rings. The first-order chi connectivity index (χ1) is 17.5. The largest absolute Gasteiger partial charge is 0.493 e. The lowest BCUT2D eigenvalue weighted by molar-refractivity contribution is -0.129. The van der Waals surface area contributed by atoms with E-state index in [0.717, 1.165) is 83.7 Å². The number of ether oxygens (including phenoxy) is 1. The molecule has 9 heteroatoms. The van der Waals surface area contributed by atoms with Crippen molar-refractivity contribution in [3.8, 4) is 5.75 Å². The van der Waals surface area contributed by atoms with Gasteiger partial charge < -0.3 is 19.9 Å². The molecule has 3 aliphatic rings. The van der Waals surface area contributed by atoms with Gasteiger partial charge >= 0.3 is 0 Å². The normalized spacial score (nSPS) is 22.5. The van der Waals surface area contributed by atoms with Crippen molar-refractivity contribution in [1.29, 1.82) is 0 Å². The molecular weight excluding hydrogens is 481 g/mol. The van der Waals surface area contributed by atoms with Crippen LogP contribution in [0.15, 0.2) is 30.6 Å². The second-order valence-electron chi connectivity index (χ2n) is 10.5. The standard InChI is InChI=1S/C27H35ClFN5O2/c28-22-16-31-26(32-17-22)33-10-5-20(6-11-33)2-1-13-36-23-4-3-21(24(29)15-23)14-25(35)34-12-8-27(19-34)7-9-30-18-27/h3-4,15-17,20,30H,1-2,5-14,18-19H2. The summed E-state index contributed by atoms with van der Waals surface area (Å²) in [6, 6.07) is 4.89. The summed E-state index contributed by atoms with van der Waals surface area (Å²) >= 11 is 5.88. The molecule has 0 radical (unpaired) electrons. The third-order valence-electron chi connectivity index (χ3n) is 8.02. The van der Waals surface area contributed by atoms with E-state index in [0.29, 0.717) is 28.9 Å². The molecule has 0 aliphatic carbocycles. The van der Waals surface area contributed by atoms with Crippen LogP contribution in [0.25, 0.3) is 0 Å². The number of carbonyl (C=O) groups is 1. The molecule has 1 aromatic heterocycles. The zero-order chi connectivity index (χ0) is 25.0. The number of nitrogens with zero attached hydrogens (tertiary/aromatic N) is 4. The first kappa shape index (κ1) is 25.2. The fraction of sp³-hybridized carbons (Fsp3) is 0.593. The maximum Gasteiger partial charge on any atom is 0.227 e. The van der Waals surface area contributed by atoms with Crippen molar-refractivity contribution in [1.82, 2.24) is 20.2 Å². The summed E-state index contributed by atoms with van der Waals surface area (Å²) in [4.78, 5) is 25.5. The average Bonchev–Trinajstić information content (AvgIpc) is 3.54. The molecule has 3 saturated heterocycles. The molecular formula is C27H35ClFN5O2. The summed E-state index contributed by atoms with van der Waals surface area (Å²) in [7, 11) is 0. The van der Waals surface area contributed by atoms with Gasteiger partial charge in [0.15, 0.2) is 0 Å². The zero-order valence-corrected chi connectivity index (χ0v) is 21.5. The quantitative estimate of drug-likeness (QED) is 0.534. The number of halogens is 2. The first-order valence-electron chi connectivity index (χ1n) is 13.1. The Morgan fingerprint density at radius 2 is 2.00 bits per heavy atom. The van der Waals surface area contributed by atoms with E-state index < -0.39 is 0 Å². The maximum atomic E-state index is 14.7. The number of hydrogen-bond donors (Lipinski definition) is 1. The Kier molecular flexibility index (Phi) is 7.91. The predicted molar refractivity (Wildman–Crippen MR) is 138 cm³/mol. The Bertz CT molecular complexity index is 1040. The summed E-state index contributed by atoms with van der Waals surface area (Å²) in [6.45, 7) is 6.00. The summed E-state index contributed by atoms with van der Waals surface area (Å²) in [5, 5.41) is 3.96. The van der Waals surface area contributed by atoms with Gasteiger partial charge in [-0.1, -0.05) is 17.7 Å². The summed E-state index contributed by atoms with van der Waals surface area (Å²) in [5.41, 5.74) is 0.669. The van der Waals surface area contributed by atoms with E-state index in [1.165, 1.54) is 6.07 Å². The fourth-order valence-electron chi connectivity index (χ4n) is 5.78. The second kappa shape index (κ2) is 11.3. The molecule has 1 atom stereocenters. The van der Waals surface area contributed by atoms with E-state index in [1.807, 2.05) is 4.90 Å². The Balaban J connectivity index is 1.01. The number of nitrogens with one attached hydrogen (secondary N) is 1. The third kappa shape index (κ3) is 6.09. The van der Waals surface area contributed by atoms with E-state index in [4.69, 9.17) is 16.3 Å². The molecule has 1 N–H and O–H groups in total. The van der Waals surface area contributed by atoms with Crippen LogP contribution in [-0.2, 0) is 11.2 Å². The van der Waals surface area contributed by atoms with E-state index in [1.54, 1.807) is 24.5 Å². The molecule has 4 heterocycles. The highest BCUT2D eigenvalue weighted by Crippen LogP contribution is 2.36. The molecule has 3 fully saturated rings. The molecule has 1 spiro atoms. The number of amides is 1. The van der Waals surface area contributed by atoms with Gasteiger partial charge in [0.2, 0.25) is 11.9 Å². The molecule has 1 aromatic carbocycles. The van der Waals surface area contributed by atoms with Crippen molar-refractivity contribution in [2.24, 2.45) is 11.3 Å². The summed E-state index contributed by atoms with van der Waals surface area (Å²) in [5.74, 6) is 1.56. The van der Waals surface area contributed by atoms with Crippen molar-refractivity contribution in [3.63, 3.8) is 0 Å². The van der Waals surface area contributed by atoms with Gasteiger partial charge in [-0.05, 0) is 62.6 Å². The Morgan fingerprint density at radius 3 is 2.72 bits per heavy atom. The second-order valence-corrected chi connectivity index (χ2v) is 11.0. The van der Waals surface area contributed by atoms with Gasteiger partial charge in [0, 0.05) is 44.2 Å². The number of carbonyl (C=O) groups excluding carboxylic acids is 1. The Labute approximate surface area is 217 Å². The van der Waals surface area contributed by atoms with Crippen molar-refractivity contribution in [3.05, 3.63) is 47.0 Å². The van der Waals surface area contributed by atoms with Gasteiger partial charge in [-0.25, -0.2) is 14.4 Å². The highest BCUT2D eigenvalue weighted by atomic mass is 35.5. The van der Waals surface area contributed by atoms with Crippen LogP contribution in [0, 0.1) is 17.2 Å². The molecule has 1 unspecified atom stereocenters.